The number of fused-ring (bicyclic) bond motifs is 1. The standard InChI is InChI=1S/C9H5N3O/c10-4-6-1-2-7-8(3-6)11-5-9(7)12-13/h1-3,5,11H. The number of hydrogen-bond donors (Lipinski definition) is 1. The maximum Gasteiger partial charge on any atom is 0.133 e. The van der Waals surface area contributed by atoms with Crippen molar-refractivity contribution in [1.29, 1.82) is 5.26 Å². The summed E-state index contributed by atoms with van der Waals surface area (Å²) in [6.45, 7) is 0. The molecule has 62 valence electrons. The molecule has 0 bridgehead atoms. The number of aromatic nitrogens is 1. The first-order valence-electron chi connectivity index (χ1n) is 3.70. The molecule has 0 aliphatic rings. The van der Waals surface area contributed by atoms with Crippen molar-refractivity contribution in [2.24, 2.45) is 5.18 Å². The molecule has 2 rings (SSSR count). The molecule has 0 spiro atoms. The topological polar surface area (TPSA) is 69.0 Å². The monoisotopic (exact) mass is 171 g/mol. The quantitative estimate of drug-likeness (QED) is 0.669. The van der Waals surface area contributed by atoms with Gasteiger partial charge >= 0.3 is 0 Å². The molecule has 0 saturated heterocycles. The van der Waals surface area contributed by atoms with Gasteiger partial charge < -0.3 is 4.98 Å². The van der Waals surface area contributed by atoms with Gasteiger partial charge in [0.1, 0.15) is 5.69 Å². The van der Waals surface area contributed by atoms with Gasteiger partial charge in [0.2, 0.25) is 0 Å². The van der Waals surface area contributed by atoms with Crippen molar-refractivity contribution in [1.82, 2.24) is 4.98 Å². The lowest BCUT2D eigenvalue weighted by Crippen LogP contribution is -1.72. The van der Waals surface area contributed by atoms with Crippen LogP contribution in [-0.4, -0.2) is 4.98 Å². The largest absolute Gasteiger partial charge is 0.359 e. The van der Waals surface area contributed by atoms with Crippen LogP contribution in [0.1, 0.15) is 5.56 Å². The Labute approximate surface area is 73.8 Å². The number of benzene rings is 1. The normalized spacial score (nSPS) is 9.77. The highest BCUT2D eigenvalue weighted by Gasteiger charge is 2.03. The molecule has 4 heteroatoms. The third kappa shape index (κ3) is 1.07. The summed E-state index contributed by atoms with van der Waals surface area (Å²) in [5, 5.41) is 12.2. The third-order valence-electron chi connectivity index (χ3n) is 1.89. The molecule has 2 aromatic rings. The Balaban J connectivity index is 2.76. The van der Waals surface area contributed by atoms with Gasteiger partial charge in [-0.25, -0.2) is 0 Å². The number of nitrogens with zero attached hydrogens (tertiary/aromatic N) is 2. The van der Waals surface area contributed by atoms with E-state index in [0.29, 0.717) is 11.3 Å². The summed E-state index contributed by atoms with van der Waals surface area (Å²) in [7, 11) is 0. The molecule has 0 saturated carbocycles. The fourth-order valence-electron chi connectivity index (χ4n) is 1.26. The van der Waals surface area contributed by atoms with E-state index >= 15 is 0 Å². The predicted octanol–water partition coefficient (Wildman–Crippen LogP) is 2.44. The lowest BCUT2D eigenvalue weighted by Gasteiger charge is -1.89. The minimum absolute atomic E-state index is 0.375. The van der Waals surface area contributed by atoms with Gasteiger partial charge in [-0.1, -0.05) is 0 Å². The van der Waals surface area contributed by atoms with E-state index in [9.17, 15) is 4.91 Å². The highest BCUT2D eigenvalue weighted by molar-refractivity contribution is 5.91. The van der Waals surface area contributed by atoms with Gasteiger partial charge in [0, 0.05) is 17.1 Å². The molecular formula is C9H5N3O. The molecule has 4 nitrogen and oxygen atoms in total. The second-order valence-corrected chi connectivity index (χ2v) is 2.64. The summed E-state index contributed by atoms with van der Waals surface area (Å²) < 4.78 is 0. The van der Waals surface area contributed by atoms with E-state index in [1.165, 1.54) is 6.20 Å². The Kier molecular flexibility index (Phi) is 1.57. The lowest BCUT2D eigenvalue weighted by atomic mass is 10.2. The Hall–Kier alpha value is -2.15. The van der Waals surface area contributed by atoms with Gasteiger partial charge in [0.05, 0.1) is 11.6 Å². The number of hydrogen-bond acceptors (Lipinski definition) is 3. The fraction of sp³-hybridized carbons (Fsp3) is 0. The molecule has 1 aromatic carbocycles. The second kappa shape index (κ2) is 2.72. The number of nitroso groups, excluding NO2 is 1. The van der Waals surface area contributed by atoms with Gasteiger partial charge in [-0.2, -0.15) is 5.26 Å². The zero-order valence-electron chi connectivity index (χ0n) is 6.61. The zero-order chi connectivity index (χ0) is 9.26. The average Bonchev–Trinajstić information content (AvgIpc) is 2.59. The van der Waals surface area contributed by atoms with Crippen LogP contribution in [0.4, 0.5) is 5.69 Å². The van der Waals surface area contributed by atoms with E-state index in [-0.39, 0.29) is 0 Å². The molecule has 1 heterocycles. The van der Waals surface area contributed by atoms with Gasteiger partial charge in [0.15, 0.2) is 0 Å². The Morgan fingerprint density at radius 1 is 1.46 bits per heavy atom. The minimum atomic E-state index is 0.375. The molecule has 0 atom stereocenters. The fourth-order valence-corrected chi connectivity index (χ4v) is 1.26. The highest BCUT2D eigenvalue weighted by atomic mass is 16.3. The van der Waals surface area contributed by atoms with E-state index < -0.39 is 0 Å². The number of nitrogens with one attached hydrogen (secondary N) is 1. The molecular weight excluding hydrogens is 166 g/mol. The Bertz CT molecular complexity index is 507. The summed E-state index contributed by atoms with van der Waals surface area (Å²) in [5.41, 5.74) is 1.69. The van der Waals surface area contributed by atoms with Crippen LogP contribution in [0.2, 0.25) is 0 Å². The highest BCUT2D eigenvalue weighted by Crippen LogP contribution is 2.25. The van der Waals surface area contributed by atoms with E-state index in [2.05, 4.69) is 10.2 Å². The third-order valence-corrected chi connectivity index (χ3v) is 1.89. The SMILES string of the molecule is N#Cc1ccc2c(N=O)c[nH]c2c1. The average molecular weight is 171 g/mol. The van der Waals surface area contributed by atoms with Crippen LogP contribution in [0.15, 0.2) is 29.6 Å². The number of H-pyrrole nitrogens is 1. The minimum Gasteiger partial charge on any atom is -0.359 e. The van der Waals surface area contributed by atoms with E-state index in [1.807, 2.05) is 6.07 Å². The van der Waals surface area contributed by atoms with Crippen LogP contribution in [0.5, 0.6) is 0 Å². The van der Waals surface area contributed by atoms with Crippen LogP contribution >= 0.6 is 0 Å². The van der Waals surface area contributed by atoms with Gasteiger partial charge in [0.25, 0.3) is 0 Å². The van der Waals surface area contributed by atoms with Gasteiger partial charge in [-0.15, -0.1) is 4.91 Å². The number of rotatable bonds is 1. The molecule has 0 aliphatic heterocycles. The smallest absolute Gasteiger partial charge is 0.133 e. The second-order valence-electron chi connectivity index (χ2n) is 2.64. The van der Waals surface area contributed by atoms with Crippen LogP contribution in [0.25, 0.3) is 10.9 Å². The Morgan fingerprint density at radius 3 is 3.00 bits per heavy atom. The molecule has 0 radical (unpaired) electrons. The first-order valence-corrected chi connectivity index (χ1v) is 3.70. The zero-order valence-corrected chi connectivity index (χ0v) is 6.61. The van der Waals surface area contributed by atoms with Crippen molar-refractivity contribution in [3.8, 4) is 6.07 Å². The first-order chi connectivity index (χ1) is 6.35. The van der Waals surface area contributed by atoms with Crippen LogP contribution in [-0.2, 0) is 0 Å². The predicted molar refractivity (Wildman–Crippen MR) is 48.5 cm³/mol. The molecule has 0 unspecified atom stereocenters. The Morgan fingerprint density at radius 2 is 2.31 bits per heavy atom. The van der Waals surface area contributed by atoms with E-state index in [4.69, 9.17) is 5.26 Å². The first kappa shape index (κ1) is 7.50. The maximum absolute atomic E-state index is 10.3. The molecule has 0 aliphatic carbocycles. The van der Waals surface area contributed by atoms with Crippen LogP contribution in [0.3, 0.4) is 0 Å². The lowest BCUT2D eigenvalue weighted by molar-refractivity contribution is 1.44. The van der Waals surface area contributed by atoms with Crippen LogP contribution in [0, 0.1) is 16.2 Å². The van der Waals surface area contributed by atoms with Crippen molar-refractivity contribution in [2.75, 3.05) is 0 Å². The number of nitriles is 1. The molecule has 1 aromatic heterocycles. The number of aromatic amines is 1. The summed E-state index contributed by atoms with van der Waals surface area (Å²) >= 11 is 0. The van der Waals surface area contributed by atoms with Crippen molar-refractivity contribution < 1.29 is 0 Å². The summed E-state index contributed by atoms with van der Waals surface area (Å²) in [6.07, 6.45) is 1.53. The van der Waals surface area contributed by atoms with Crippen molar-refractivity contribution in [3.05, 3.63) is 34.9 Å². The molecule has 0 amide bonds. The van der Waals surface area contributed by atoms with Gasteiger partial charge in [-0.3, -0.25) is 0 Å². The summed E-state index contributed by atoms with van der Waals surface area (Å²) in [6, 6.07) is 7.07. The maximum atomic E-state index is 10.3. The molecule has 13 heavy (non-hydrogen) atoms. The molecule has 0 fully saturated rings. The van der Waals surface area contributed by atoms with E-state index in [0.717, 1.165) is 10.9 Å². The van der Waals surface area contributed by atoms with E-state index in [1.54, 1.807) is 18.2 Å². The summed E-state index contributed by atoms with van der Waals surface area (Å²) in [5.74, 6) is 0. The van der Waals surface area contributed by atoms with Crippen LogP contribution < -0.4 is 0 Å². The van der Waals surface area contributed by atoms with Crippen molar-refractivity contribution in [3.63, 3.8) is 0 Å². The van der Waals surface area contributed by atoms with Crippen molar-refractivity contribution >= 4 is 16.6 Å². The van der Waals surface area contributed by atoms with Gasteiger partial charge in [-0.05, 0) is 23.4 Å². The van der Waals surface area contributed by atoms with Crippen molar-refractivity contribution in [2.45, 2.75) is 0 Å². The summed E-state index contributed by atoms with van der Waals surface area (Å²) in [4.78, 5) is 13.2. The molecule has 1 N–H and O–H groups in total.